The van der Waals surface area contributed by atoms with Crippen LogP contribution in [-0.2, 0) is 9.59 Å². The van der Waals surface area contributed by atoms with Gasteiger partial charge in [-0.25, -0.2) is 0 Å². The summed E-state index contributed by atoms with van der Waals surface area (Å²) in [6.07, 6.45) is 3.37. The summed E-state index contributed by atoms with van der Waals surface area (Å²) in [5.74, 6) is 0.211. The van der Waals surface area contributed by atoms with Gasteiger partial charge in [0.25, 0.3) is 0 Å². The Morgan fingerprint density at radius 1 is 1.22 bits per heavy atom. The van der Waals surface area contributed by atoms with Crippen LogP contribution in [-0.4, -0.2) is 35.8 Å². The summed E-state index contributed by atoms with van der Waals surface area (Å²) in [5.41, 5.74) is 1.02. The Labute approximate surface area is 109 Å². The van der Waals surface area contributed by atoms with Gasteiger partial charge in [0, 0.05) is 31.1 Å². The summed E-state index contributed by atoms with van der Waals surface area (Å²) in [6, 6.07) is 0.218. The number of allylic oxidation sites excluding steroid dienone is 1. The van der Waals surface area contributed by atoms with E-state index in [1.165, 1.54) is 0 Å². The summed E-state index contributed by atoms with van der Waals surface area (Å²) in [5, 5.41) is 3.03. The molecule has 4 nitrogen and oxygen atoms in total. The van der Waals surface area contributed by atoms with Crippen molar-refractivity contribution in [2.24, 2.45) is 5.92 Å². The molecule has 1 saturated heterocycles. The second kappa shape index (κ2) is 6.57. The van der Waals surface area contributed by atoms with Gasteiger partial charge in [0.2, 0.25) is 11.8 Å². The lowest BCUT2D eigenvalue weighted by Gasteiger charge is -2.32. The minimum Gasteiger partial charge on any atom is -0.353 e. The van der Waals surface area contributed by atoms with Gasteiger partial charge in [-0.2, -0.15) is 0 Å². The van der Waals surface area contributed by atoms with E-state index in [0.29, 0.717) is 0 Å². The molecule has 1 fully saturated rings. The highest BCUT2D eigenvalue weighted by molar-refractivity contribution is 5.88. The quantitative estimate of drug-likeness (QED) is 0.777. The standard InChI is InChI=1S/C14H24N2O2/c1-10(2)9-13(17)16-7-5-12(6-8-16)15-14(18)11(3)4/h9,11-12H,5-8H2,1-4H3,(H,15,18). The fourth-order valence-electron chi connectivity index (χ4n) is 1.95. The zero-order valence-electron chi connectivity index (χ0n) is 11.8. The Bertz CT molecular complexity index is 336. The lowest BCUT2D eigenvalue weighted by atomic mass is 10.0. The van der Waals surface area contributed by atoms with E-state index in [-0.39, 0.29) is 23.8 Å². The van der Waals surface area contributed by atoms with Crippen molar-refractivity contribution in [1.82, 2.24) is 10.2 Å². The molecule has 1 heterocycles. The minimum absolute atomic E-state index is 0.0235. The SMILES string of the molecule is CC(C)=CC(=O)N1CCC(NC(=O)C(C)C)CC1. The molecule has 18 heavy (non-hydrogen) atoms. The molecule has 0 atom stereocenters. The highest BCUT2D eigenvalue weighted by Crippen LogP contribution is 2.12. The van der Waals surface area contributed by atoms with Gasteiger partial charge in [-0.15, -0.1) is 0 Å². The van der Waals surface area contributed by atoms with Gasteiger partial charge in [0.05, 0.1) is 0 Å². The van der Waals surface area contributed by atoms with Gasteiger partial charge in [0.1, 0.15) is 0 Å². The molecule has 1 N–H and O–H groups in total. The van der Waals surface area contributed by atoms with Gasteiger partial charge >= 0.3 is 0 Å². The van der Waals surface area contributed by atoms with Crippen molar-refractivity contribution in [2.75, 3.05) is 13.1 Å². The lowest BCUT2D eigenvalue weighted by Crippen LogP contribution is -2.47. The maximum Gasteiger partial charge on any atom is 0.246 e. The fourth-order valence-corrected chi connectivity index (χ4v) is 1.95. The molecule has 1 rings (SSSR count). The number of carbonyl (C=O) groups is 2. The number of piperidine rings is 1. The Kier molecular flexibility index (Phi) is 5.38. The van der Waals surface area contributed by atoms with Gasteiger partial charge < -0.3 is 10.2 Å². The monoisotopic (exact) mass is 252 g/mol. The molecule has 0 aromatic rings. The largest absolute Gasteiger partial charge is 0.353 e. The molecule has 0 bridgehead atoms. The van der Waals surface area contributed by atoms with Crippen LogP contribution in [0.5, 0.6) is 0 Å². The number of rotatable bonds is 3. The number of hydrogen-bond donors (Lipinski definition) is 1. The van der Waals surface area contributed by atoms with Crippen molar-refractivity contribution in [3.63, 3.8) is 0 Å². The number of nitrogens with one attached hydrogen (secondary N) is 1. The predicted molar refractivity (Wildman–Crippen MR) is 72.0 cm³/mol. The van der Waals surface area contributed by atoms with Crippen LogP contribution in [0.3, 0.4) is 0 Å². The molecule has 0 radical (unpaired) electrons. The average molecular weight is 252 g/mol. The number of hydrogen-bond acceptors (Lipinski definition) is 2. The first kappa shape index (κ1) is 14.7. The van der Waals surface area contributed by atoms with Crippen LogP contribution >= 0.6 is 0 Å². The Hall–Kier alpha value is -1.32. The average Bonchev–Trinajstić information content (AvgIpc) is 2.28. The smallest absolute Gasteiger partial charge is 0.246 e. The third-order valence-electron chi connectivity index (χ3n) is 3.09. The Balaban J connectivity index is 2.39. The van der Waals surface area contributed by atoms with Crippen molar-refractivity contribution < 1.29 is 9.59 Å². The van der Waals surface area contributed by atoms with Crippen LogP contribution in [0, 0.1) is 5.92 Å². The maximum absolute atomic E-state index is 11.8. The van der Waals surface area contributed by atoms with Gasteiger partial charge in [0.15, 0.2) is 0 Å². The highest BCUT2D eigenvalue weighted by Gasteiger charge is 2.23. The van der Waals surface area contributed by atoms with E-state index < -0.39 is 0 Å². The third-order valence-corrected chi connectivity index (χ3v) is 3.09. The molecule has 1 aliphatic rings. The summed E-state index contributed by atoms with van der Waals surface area (Å²) in [6.45, 7) is 9.09. The van der Waals surface area contributed by atoms with Crippen LogP contribution in [0.4, 0.5) is 0 Å². The van der Waals surface area contributed by atoms with Crippen LogP contribution < -0.4 is 5.32 Å². The van der Waals surface area contributed by atoms with E-state index >= 15 is 0 Å². The molecule has 102 valence electrons. The molecule has 0 aromatic carbocycles. The van der Waals surface area contributed by atoms with Crippen LogP contribution in [0.1, 0.15) is 40.5 Å². The first-order valence-corrected chi connectivity index (χ1v) is 6.64. The highest BCUT2D eigenvalue weighted by atomic mass is 16.2. The predicted octanol–water partition coefficient (Wildman–Crippen LogP) is 1.72. The van der Waals surface area contributed by atoms with Crippen LogP contribution in [0.2, 0.25) is 0 Å². The van der Waals surface area contributed by atoms with E-state index in [4.69, 9.17) is 0 Å². The first-order valence-electron chi connectivity index (χ1n) is 6.64. The Morgan fingerprint density at radius 3 is 2.22 bits per heavy atom. The summed E-state index contributed by atoms with van der Waals surface area (Å²) < 4.78 is 0. The second-order valence-electron chi connectivity index (χ2n) is 5.48. The van der Waals surface area contributed by atoms with Gasteiger partial charge in [-0.05, 0) is 26.7 Å². The number of likely N-dealkylation sites (tertiary alicyclic amines) is 1. The van der Waals surface area contributed by atoms with E-state index in [2.05, 4.69) is 5.32 Å². The van der Waals surface area contributed by atoms with E-state index in [9.17, 15) is 9.59 Å². The third kappa shape index (κ3) is 4.51. The molecule has 1 aliphatic heterocycles. The summed E-state index contributed by atoms with van der Waals surface area (Å²) >= 11 is 0. The van der Waals surface area contributed by atoms with Crippen LogP contribution in [0.15, 0.2) is 11.6 Å². The van der Waals surface area contributed by atoms with Crippen molar-refractivity contribution >= 4 is 11.8 Å². The van der Waals surface area contributed by atoms with Gasteiger partial charge in [-0.3, -0.25) is 9.59 Å². The molecule has 0 aromatic heterocycles. The topological polar surface area (TPSA) is 49.4 Å². The zero-order chi connectivity index (χ0) is 13.7. The van der Waals surface area contributed by atoms with Crippen molar-refractivity contribution in [1.29, 1.82) is 0 Å². The minimum atomic E-state index is 0.0235. The first-order chi connectivity index (χ1) is 8.40. The molecule has 4 heteroatoms. The molecule has 0 spiro atoms. The number of carbonyl (C=O) groups excluding carboxylic acids is 2. The second-order valence-corrected chi connectivity index (χ2v) is 5.48. The van der Waals surface area contributed by atoms with E-state index in [1.54, 1.807) is 6.08 Å². The van der Waals surface area contributed by atoms with Crippen molar-refractivity contribution in [2.45, 2.75) is 46.6 Å². The Morgan fingerprint density at radius 2 is 1.78 bits per heavy atom. The summed E-state index contributed by atoms with van der Waals surface area (Å²) in [4.78, 5) is 25.2. The zero-order valence-corrected chi connectivity index (χ0v) is 11.8. The maximum atomic E-state index is 11.8. The lowest BCUT2D eigenvalue weighted by molar-refractivity contribution is -0.127. The number of amides is 2. The molecule has 0 aliphatic carbocycles. The normalized spacial score (nSPS) is 16.6. The fraction of sp³-hybridized carbons (Fsp3) is 0.714. The molecular formula is C14H24N2O2. The van der Waals surface area contributed by atoms with E-state index in [1.807, 2.05) is 32.6 Å². The molecule has 2 amide bonds. The van der Waals surface area contributed by atoms with Crippen molar-refractivity contribution in [3.05, 3.63) is 11.6 Å². The number of nitrogens with zero attached hydrogens (tertiary/aromatic N) is 1. The molecule has 0 saturated carbocycles. The summed E-state index contributed by atoms with van der Waals surface area (Å²) in [7, 11) is 0. The van der Waals surface area contributed by atoms with E-state index in [0.717, 1.165) is 31.5 Å². The van der Waals surface area contributed by atoms with Gasteiger partial charge in [-0.1, -0.05) is 19.4 Å². The molecule has 0 unspecified atom stereocenters. The molecular weight excluding hydrogens is 228 g/mol. The van der Waals surface area contributed by atoms with Crippen molar-refractivity contribution in [3.8, 4) is 0 Å². The van der Waals surface area contributed by atoms with Crippen LogP contribution in [0.25, 0.3) is 0 Å².